The second kappa shape index (κ2) is 7.53. The van der Waals surface area contributed by atoms with Crippen LogP contribution < -0.4 is 5.32 Å². The number of carbonyl (C=O) groups is 1. The van der Waals surface area contributed by atoms with Gasteiger partial charge in [0.1, 0.15) is 11.6 Å². The van der Waals surface area contributed by atoms with Crippen LogP contribution >= 0.6 is 0 Å². The molecule has 3 aromatic rings. The summed E-state index contributed by atoms with van der Waals surface area (Å²) in [6, 6.07) is 15.3. The molecule has 0 radical (unpaired) electrons. The minimum absolute atomic E-state index is 0.00566. The highest BCUT2D eigenvalue weighted by Crippen LogP contribution is 2.32. The molecule has 1 unspecified atom stereocenters. The van der Waals surface area contributed by atoms with Gasteiger partial charge >= 0.3 is 0 Å². The van der Waals surface area contributed by atoms with E-state index in [4.69, 9.17) is 4.98 Å². The second-order valence-corrected chi connectivity index (χ2v) is 6.64. The van der Waals surface area contributed by atoms with Gasteiger partial charge in [0, 0.05) is 24.6 Å². The molecular formula is C21H21N5O. The Hall–Kier alpha value is -3.28. The largest absolute Gasteiger partial charge is 0.330 e. The number of pyridine rings is 3. The number of nitrogens with zero attached hydrogens (tertiary/aromatic N) is 4. The summed E-state index contributed by atoms with van der Waals surface area (Å²) in [7, 11) is 0. The number of aryl methyl sites for hydroxylation is 1. The van der Waals surface area contributed by atoms with Gasteiger partial charge in [-0.2, -0.15) is 0 Å². The number of hydrogen-bond acceptors (Lipinski definition) is 5. The molecule has 1 aliphatic rings. The molecular weight excluding hydrogens is 338 g/mol. The lowest BCUT2D eigenvalue weighted by Gasteiger charge is -2.24. The minimum atomic E-state index is -0.0232. The third kappa shape index (κ3) is 3.79. The quantitative estimate of drug-likeness (QED) is 0.765. The van der Waals surface area contributed by atoms with Crippen molar-refractivity contribution in [3.63, 3.8) is 0 Å². The van der Waals surface area contributed by atoms with Gasteiger partial charge in [0.15, 0.2) is 0 Å². The lowest BCUT2D eigenvalue weighted by atomic mass is 10.1. The first-order valence-corrected chi connectivity index (χ1v) is 9.09. The van der Waals surface area contributed by atoms with Crippen molar-refractivity contribution in [3.8, 4) is 0 Å². The fourth-order valence-corrected chi connectivity index (χ4v) is 3.42. The second-order valence-electron chi connectivity index (χ2n) is 6.64. The zero-order chi connectivity index (χ0) is 18.6. The zero-order valence-electron chi connectivity index (χ0n) is 15.2. The lowest BCUT2D eigenvalue weighted by molar-refractivity contribution is 0.0732. The smallest absolute Gasteiger partial charge is 0.255 e. The summed E-state index contributed by atoms with van der Waals surface area (Å²) in [6.45, 7) is 2.69. The van der Waals surface area contributed by atoms with Gasteiger partial charge in [-0.15, -0.1) is 0 Å². The van der Waals surface area contributed by atoms with Crippen LogP contribution in [0, 0.1) is 6.92 Å². The van der Waals surface area contributed by atoms with Crippen LogP contribution in [0.1, 0.15) is 40.6 Å². The Morgan fingerprint density at radius 1 is 1.07 bits per heavy atom. The molecule has 4 heterocycles. The summed E-state index contributed by atoms with van der Waals surface area (Å²) in [6.07, 6.45) is 5.17. The van der Waals surface area contributed by atoms with Crippen molar-refractivity contribution in [1.82, 2.24) is 19.9 Å². The van der Waals surface area contributed by atoms with Gasteiger partial charge in [-0.1, -0.05) is 12.1 Å². The van der Waals surface area contributed by atoms with Crippen LogP contribution in [0.3, 0.4) is 0 Å². The van der Waals surface area contributed by atoms with Crippen molar-refractivity contribution < 1.29 is 4.79 Å². The molecule has 1 N–H and O–H groups in total. The van der Waals surface area contributed by atoms with E-state index in [1.807, 2.05) is 48.2 Å². The molecule has 1 atom stereocenters. The molecule has 27 heavy (non-hydrogen) atoms. The van der Waals surface area contributed by atoms with Crippen molar-refractivity contribution in [2.24, 2.45) is 0 Å². The summed E-state index contributed by atoms with van der Waals surface area (Å²) in [5.74, 6) is 1.49. The molecule has 0 aromatic carbocycles. The van der Waals surface area contributed by atoms with Crippen molar-refractivity contribution in [2.45, 2.75) is 25.8 Å². The Kier molecular flexibility index (Phi) is 4.78. The van der Waals surface area contributed by atoms with Gasteiger partial charge in [-0.25, -0.2) is 9.97 Å². The van der Waals surface area contributed by atoms with Crippen LogP contribution in [0.25, 0.3) is 0 Å². The maximum Gasteiger partial charge on any atom is 0.255 e. The molecule has 0 saturated carbocycles. The van der Waals surface area contributed by atoms with Crippen LogP contribution in [0.5, 0.6) is 0 Å². The standard InChI is InChI=1S/C21H21N5O/c1-15-6-2-10-19(23-15)25-20-11-3-8-17(24-20)18-9-5-13-26(18)21(27)16-7-4-12-22-14-16/h2-4,6-8,10-12,14,18H,5,9,13H2,1H3,(H,23,24,25). The molecule has 1 fully saturated rings. The van der Waals surface area contributed by atoms with Crippen LogP contribution in [0.15, 0.2) is 60.9 Å². The summed E-state index contributed by atoms with van der Waals surface area (Å²) in [5.41, 5.74) is 2.45. The minimum Gasteiger partial charge on any atom is -0.330 e. The number of nitrogens with one attached hydrogen (secondary N) is 1. The van der Waals surface area contributed by atoms with E-state index >= 15 is 0 Å². The first kappa shape index (κ1) is 17.1. The molecule has 1 amide bonds. The zero-order valence-corrected chi connectivity index (χ0v) is 15.2. The van der Waals surface area contributed by atoms with Gasteiger partial charge < -0.3 is 10.2 Å². The van der Waals surface area contributed by atoms with E-state index in [9.17, 15) is 4.79 Å². The molecule has 136 valence electrons. The molecule has 3 aromatic heterocycles. The first-order valence-electron chi connectivity index (χ1n) is 9.09. The fourth-order valence-electron chi connectivity index (χ4n) is 3.42. The SMILES string of the molecule is Cc1cccc(Nc2cccc(C3CCCN3C(=O)c3cccnc3)n2)n1. The monoisotopic (exact) mass is 359 g/mol. The van der Waals surface area contributed by atoms with Gasteiger partial charge in [0.25, 0.3) is 5.91 Å². The Morgan fingerprint density at radius 3 is 2.67 bits per heavy atom. The van der Waals surface area contributed by atoms with Crippen LogP contribution in [-0.4, -0.2) is 32.3 Å². The molecule has 6 nitrogen and oxygen atoms in total. The summed E-state index contributed by atoms with van der Waals surface area (Å²) >= 11 is 0. The number of anilines is 2. The molecule has 6 heteroatoms. The number of likely N-dealkylation sites (tertiary alicyclic amines) is 1. The molecule has 1 saturated heterocycles. The average molecular weight is 359 g/mol. The third-order valence-electron chi connectivity index (χ3n) is 4.68. The van der Waals surface area contributed by atoms with E-state index in [1.54, 1.807) is 24.5 Å². The first-order chi connectivity index (χ1) is 13.2. The number of carbonyl (C=O) groups excluding carboxylic acids is 1. The molecule has 4 rings (SSSR count). The topological polar surface area (TPSA) is 71.0 Å². The van der Waals surface area contributed by atoms with Crippen molar-refractivity contribution in [1.29, 1.82) is 0 Å². The Morgan fingerprint density at radius 2 is 1.89 bits per heavy atom. The summed E-state index contributed by atoms with van der Waals surface area (Å²) in [5, 5.41) is 3.25. The predicted octanol–water partition coefficient (Wildman–Crippen LogP) is 3.90. The number of rotatable bonds is 4. The maximum absolute atomic E-state index is 12.9. The van der Waals surface area contributed by atoms with Crippen LogP contribution in [0.4, 0.5) is 11.6 Å². The lowest BCUT2D eigenvalue weighted by Crippen LogP contribution is -2.31. The summed E-state index contributed by atoms with van der Waals surface area (Å²) in [4.78, 5) is 28.0. The number of hydrogen-bond donors (Lipinski definition) is 1. The van der Waals surface area contributed by atoms with Crippen LogP contribution in [0.2, 0.25) is 0 Å². The Labute approximate surface area is 158 Å². The molecule has 0 bridgehead atoms. The van der Waals surface area contributed by atoms with E-state index in [0.717, 1.165) is 42.4 Å². The predicted molar refractivity (Wildman–Crippen MR) is 104 cm³/mol. The normalized spacial score (nSPS) is 16.3. The molecule has 0 spiro atoms. The van der Waals surface area contributed by atoms with Crippen molar-refractivity contribution in [3.05, 3.63) is 77.9 Å². The Balaban J connectivity index is 1.56. The highest BCUT2D eigenvalue weighted by Gasteiger charge is 2.31. The van der Waals surface area contributed by atoms with Gasteiger partial charge in [-0.05, 0) is 56.2 Å². The van der Waals surface area contributed by atoms with Gasteiger partial charge in [0.05, 0.1) is 17.3 Å². The maximum atomic E-state index is 12.9. The van der Waals surface area contributed by atoms with E-state index in [2.05, 4.69) is 15.3 Å². The summed E-state index contributed by atoms with van der Waals surface area (Å²) < 4.78 is 0. The Bertz CT molecular complexity index is 944. The molecule has 1 aliphatic heterocycles. The number of aromatic nitrogens is 3. The van der Waals surface area contributed by atoms with Crippen LogP contribution in [-0.2, 0) is 0 Å². The molecule has 0 aliphatic carbocycles. The highest BCUT2D eigenvalue weighted by molar-refractivity contribution is 5.94. The van der Waals surface area contributed by atoms with E-state index in [0.29, 0.717) is 5.56 Å². The van der Waals surface area contributed by atoms with E-state index in [-0.39, 0.29) is 11.9 Å². The van der Waals surface area contributed by atoms with Gasteiger partial charge in [-0.3, -0.25) is 9.78 Å². The highest BCUT2D eigenvalue weighted by atomic mass is 16.2. The fraction of sp³-hybridized carbons (Fsp3) is 0.238. The average Bonchev–Trinajstić information content (AvgIpc) is 3.18. The van der Waals surface area contributed by atoms with Crippen molar-refractivity contribution >= 4 is 17.5 Å². The number of amides is 1. The van der Waals surface area contributed by atoms with Gasteiger partial charge in [0.2, 0.25) is 0 Å². The van der Waals surface area contributed by atoms with E-state index < -0.39 is 0 Å². The third-order valence-corrected chi connectivity index (χ3v) is 4.68. The van der Waals surface area contributed by atoms with Crippen molar-refractivity contribution in [2.75, 3.05) is 11.9 Å². The van der Waals surface area contributed by atoms with E-state index in [1.165, 1.54) is 0 Å².